The highest BCUT2D eigenvalue weighted by Crippen LogP contribution is 2.53. The van der Waals surface area contributed by atoms with Crippen molar-refractivity contribution in [3.63, 3.8) is 0 Å². The highest BCUT2D eigenvalue weighted by molar-refractivity contribution is 6.16. The van der Waals surface area contributed by atoms with Crippen LogP contribution in [-0.4, -0.2) is 48.1 Å². The first-order valence-corrected chi connectivity index (χ1v) is 12.4. The number of aryl methyl sites for hydroxylation is 1. The summed E-state index contributed by atoms with van der Waals surface area (Å²) in [5.41, 5.74) is 2.52. The Morgan fingerprint density at radius 1 is 1.10 bits per heavy atom. The molecule has 5 heterocycles. The van der Waals surface area contributed by atoms with Crippen molar-refractivity contribution in [3.05, 3.63) is 95.5 Å². The van der Waals surface area contributed by atoms with E-state index in [9.17, 15) is 14.0 Å². The molecule has 0 bridgehead atoms. The molecule has 0 radical (unpaired) electrons. The number of carbonyl (C=O) groups is 2. The number of halogens is 1. The van der Waals surface area contributed by atoms with Crippen LogP contribution in [0, 0.1) is 12.7 Å². The molecule has 0 saturated heterocycles. The Hall–Kier alpha value is -5.19. The molecule has 2 N–H and O–H groups in total. The minimum absolute atomic E-state index is 0.177. The third-order valence-electron chi connectivity index (χ3n) is 7.29. The maximum Gasteiger partial charge on any atom is 0.243 e. The second-order valence-corrected chi connectivity index (χ2v) is 9.54. The van der Waals surface area contributed by atoms with Gasteiger partial charge in [-0.1, -0.05) is 42.5 Å². The molecule has 7 rings (SSSR count). The molecule has 192 valence electrons. The zero-order valence-corrected chi connectivity index (χ0v) is 20.7. The van der Waals surface area contributed by atoms with E-state index >= 15 is 0 Å². The number of carbonyl (C=O) groups excluding carboxylic acids is 2. The van der Waals surface area contributed by atoms with Crippen molar-refractivity contribution in [1.29, 1.82) is 0 Å². The van der Waals surface area contributed by atoms with Gasteiger partial charge in [-0.05, 0) is 36.2 Å². The summed E-state index contributed by atoms with van der Waals surface area (Å²) in [5.74, 6) is -0.511. The molecule has 2 aromatic carbocycles. The van der Waals surface area contributed by atoms with Gasteiger partial charge in [0.1, 0.15) is 28.9 Å². The third-order valence-corrected chi connectivity index (χ3v) is 7.29. The van der Waals surface area contributed by atoms with Crippen LogP contribution in [0.25, 0.3) is 23.1 Å². The molecule has 10 nitrogen and oxygen atoms in total. The van der Waals surface area contributed by atoms with Crippen LogP contribution in [0.15, 0.2) is 67.3 Å². The molecule has 39 heavy (non-hydrogen) atoms. The highest BCUT2D eigenvalue weighted by Gasteiger charge is 2.58. The van der Waals surface area contributed by atoms with Gasteiger partial charge in [-0.2, -0.15) is 9.78 Å². The van der Waals surface area contributed by atoms with E-state index in [4.69, 9.17) is 0 Å². The lowest BCUT2D eigenvalue weighted by Crippen LogP contribution is -2.47. The Bertz CT molecular complexity index is 1830. The van der Waals surface area contributed by atoms with Crippen LogP contribution in [0.1, 0.15) is 28.8 Å². The molecular weight excluding hydrogens is 499 g/mol. The van der Waals surface area contributed by atoms with E-state index in [2.05, 4.69) is 30.4 Å². The lowest BCUT2D eigenvalue weighted by Gasteiger charge is -2.33. The maximum atomic E-state index is 14.7. The third kappa shape index (κ3) is 3.32. The number of hydrogen-bond acceptors (Lipinski definition) is 6. The van der Waals surface area contributed by atoms with E-state index in [1.165, 1.54) is 29.5 Å². The van der Waals surface area contributed by atoms with E-state index in [-0.39, 0.29) is 24.8 Å². The Balaban J connectivity index is 1.40. The Kier molecular flexibility index (Phi) is 4.96. The van der Waals surface area contributed by atoms with E-state index < -0.39 is 11.2 Å². The number of aromatic nitrogens is 6. The fraction of sp³-hybridized carbons (Fsp3) is 0.143. The van der Waals surface area contributed by atoms with E-state index in [0.717, 1.165) is 5.56 Å². The molecule has 5 aromatic rings. The lowest BCUT2D eigenvalue weighted by molar-refractivity contribution is -0.126. The van der Waals surface area contributed by atoms with Gasteiger partial charge in [-0.3, -0.25) is 9.59 Å². The number of H-pyrrole nitrogens is 1. The smallest absolute Gasteiger partial charge is 0.243 e. The topological polar surface area (TPSA) is 122 Å². The summed E-state index contributed by atoms with van der Waals surface area (Å²) in [6.07, 6.45) is 6.48. The molecule has 0 fully saturated rings. The summed E-state index contributed by atoms with van der Waals surface area (Å²) in [5, 5.41) is 7.58. The average Bonchev–Trinajstić information content (AvgIpc) is 3.60. The zero-order chi connectivity index (χ0) is 26.7. The van der Waals surface area contributed by atoms with Crippen LogP contribution < -0.4 is 10.2 Å². The summed E-state index contributed by atoms with van der Waals surface area (Å²) < 4.78 is 16.2. The molecule has 2 aliphatic rings. The van der Waals surface area contributed by atoms with E-state index in [0.29, 0.717) is 45.3 Å². The molecule has 3 aromatic heterocycles. The second kappa shape index (κ2) is 8.42. The van der Waals surface area contributed by atoms with Gasteiger partial charge in [0.15, 0.2) is 11.5 Å². The minimum atomic E-state index is -1.45. The van der Waals surface area contributed by atoms with E-state index in [1.807, 2.05) is 42.5 Å². The molecule has 11 heteroatoms. The number of imidazole rings is 1. The van der Waals surface area contributed by atoms with Gasteiger partial charge < -0.3 is 15.2 Å². The quantitative estimate of drug-likeness (QED) is 0.373. The number of rotatable bonds is 4. The van der Waals surface area contributed by atoms with Gasteiger partial charge in [0.2, 0.25) is 11.8 Å². The van der Waals surface area contributed by atoms with Crippen molar-refractivity contribution < 1.29 is 14.0 Å². The van der Waals surface area contributed by atoms with Gasteiger partial charge in [0.05, 0.1) is 12.0 Å². The summed E-state index contributed by atoms with van der Waals surface area (Å²) in [6, 6.07) is 14.0. The number of nitrogens with zero attached hydrogens (tertiary/aromatic N) is 6. The molecule has 2 amide bonds. The molecule has 0 aliphatic carbocycles. The summed E-state index contributed by atoms with van der Waals surface area (Å²) in [4.78, 5) is 45.0. The van der Waals surface area contributed by atoms with Crippen LogP contribution in [0.5, 0.6) is 0 Å². The molecule has 0 unspecified atom stereocenters. The van der Waals surface area contributed by atoms with Crippen molar-refractivity contribution in [2.45, 2.75) is 18.8 Å². The van der Waals surface area contributed by atoms with Crippen LogP contribution in [0.4, 0.5) is 15.9 Å². The number of anilines is 2. The largest absolute Gasteiger partial charge is 0.340 e. The monoisotopic (exact) mass is 520 g/mol. The lowest BCUT2D eigenvalue weighted by atomic mass is 9.70. The minimum Gasteiger partial charge on any atom is -0.340 e. The standard InChI is InChI=1S/C28H21FN8O2/c1-16-22-25(37(35-16)26-23-24(31-14-30-23)32-15-33-26)34-21(38)13-28(22)19-12-18(29)9-10-20(19)36(27(28)39)11-5-8-17-6-3-2-4-7-17/h2-10,12,14-15H,11,13H2,1H3,(H,34,38)(H,30,31,32,33)/b8-5+/t28-/m0/s1. The van der Waals surface area contributed by atoms with Crippen molar-refractivity contribution in [2.24, 2.45) is 0 Å². The SMILES string of the molecule is Cc1nn(-c2ncnc3nc[nH]c23)c2c1[C@@]1(CC(=O)N2)C(=O)N(C/C=C/c2ccccc2)c2ccc(F)cc21. The van der Waals surface area contributed by atoms with Crippen LogP contribution in [0.3, 0.4) is 0 Å². The highest BCUT2D eigenvalue weighted by atomic mass is 19.1. The van der Waals surface area contributed by atoms with Gasteiger partial charge in [-0.15, -0.1) is 0 Å². The molecule has 1 spiro atoms. The van der Waals surface area contributed by atoms with Crippen molar-refractivity contribution in [2.75, 3.05) is 16.8 Å². The zero-order valence-electron chi connectivity index (χ0n) is 20.7. The summed E-state index contributed by atoms with van der Waals surface area (Å²) >= 11 is 0. The number of nitrogens with one attached hydrogen (secondary N) is 2. The Labute approximate surface area is 221 Å². The fourth-order valence-corrected chi connectivity index (χ4v) is 5.72. The van der Waals surface area contributed by atoms with E-state index in [1.54, 1.807) is 17.9 Å². The van der Waals surface area contributed by atoms with Crippen LogP contribution in [-0.2, 0) is 15.0 Å². The number of fused-ring (bicyclic) bond motifs is 5. The first kappa shape index (κ1) is 23.0. The number of aromatic amines is 1. The average molecular weight is 521 g/mol. The van der Waals surface area contributed by atoms with Crippen molar-refractivity contribution in [1.82, 2.24) is 29.7 Å². The van der Waals surface area contributed by atoms with Crippen molar-refractivity contribution >= 4 is 40.6 Å². The van der Waals surface area contributed by atoms with Crippen molar-refractivity contribution in [3.8, 4) is 5.82 Å². The van der Waals surface area contributed by atoms with Gasteiger partial charge >= 0.3 is 0 Å². The van der Waals surface area contributed by atoms with Gasteiger partial charge in [0.25, 0.3) is 0 Å². The van der Waals surface area contributed by atoms with Crippen LogP contribution >= 0.6 is 0 Å². The van der Waals surface area contributed by atoms with Gasteiger partial charge in [0, 0.05) is 24.2 Å². The Morgan fingerprint density at radius 2 is 1.95 bits per heavy atom. The number of hydrogen-bond donors (Lipinski definition) is 2. The molecule has 0 saturated carbocycles. The Morgan fingerprint density at radius 3 is 2.79 bits per heavy atom. The summed E-state index contributed by atoms with van der Waals surface area (Å²) in [7, 11) is 0. The first-order chi connectivity index (χ1) is 19.0. The second-order valence-electron chi connectivity index (χ2n) is 9.54. The predicted molar refractivity (Wildman–Crippen MR) is 142 cm³/mol. The molecular formula is C28H21FN8O2. The molecule has 2 aliphatic heterocycles. The predicted octanol–water partition coefficient (Wildman–Crippen LogP) is 3.67. The number of benzene rings is 2. The molecule has 1 atom stereocenters. The van der Waals surface area contributed by atoms with Gasteiger partial charge in [-0.25, -0.2) is 19.3 Å². The summed E-state index contributed by atoms with van der Waals surface area (Å²) in [6.45, 7) is 2.02. The van der Waals surface area contributed by atoms with Crippen LogP contribution in [0.2, 0.25) is 0 Å². The normalized spacial score (nSPS) is 18.3. The number of amides is 2. The first-order valence-electron chi connectivity index (χ1n) is 12.4. The maximum absolute atomic E-state index is 14.7. The fourth-order valence-electron chi connectivity index (χ4n) is 5.72.